The molecule has 0 N–H and O–H groups in total. The topological polar surface area (TPSA) is 72.4 Å². The zero-order valence-electron chi connectivity index (χ0n) is 13.0. The van der Waals surface area contributed by atoms with Gasteiger partial charge in [0.1, 0.15) is 17.0 Å². The third-order valence-corrected chi connectivity index (χ3v) is 3.77. The van der Waals surface area contributed by atoms with E-state index in [9.17, 15) is 4.79 Å². The molecule has 0 spiro atoms. The number of aryl methyl sites for hydroxylation is 3. The van der Waals surface area contributed by atoms with E-state index in [0.717, 1.165) is 22.1 Å². The molecule has 0 atom stereocenters. The van der Waals surface area contributed by atoms with Gasteiger partial charge in [0.05, 0.1) is 6.54 Å². The molecule has 6 heteroatoms. The molecule has 2 aromatic heterocycles. The molecule has 2 heterocycles. The first-order valence-electron chi connectivity index (χ1n) is 7.00. The van der Waals surface area contributed by atoms with Gasteiger partial charge in [-0.05, 0) is 32.9 Å². The number of carbonyl (C=O) groups excluding carboxylic acids is 1. The molecule has 0 saturated heterocycles. The van der Waals surface area contributed by atoms with Crippen LogP contribution in [0.25, 0.3) is 11.0 Å². The molecule has 1 aromatic carbocycles. The summed E-state index contributed by atoms with van der Waals surface area (Å²) in [4.78, 5) is 14.2. The zero-order chi connectivity index (χ0) is 15.9. The molecule has 22 heavy (non-hydrogen) atoms. The van der Waals surface area contributed by atoms with Crippen molar-refractivity contribution in [2.75, 3.05) is 7.05 Å². The molecular weight excluding hydrogens is 282 g/mol. The summed E-state index contributed by atoms with van der Waals surface area (Å²) in [5, 5.41) is 8.48. The highest BCUT2D eigenvalue weighted by molar-refractivity contribution is 5.98. The number of nitrogens with zero attached hydrogens (tertiary/aromatic N) is 3. The largest absolute Gasteiger partial charge is 0.451 e. The van der Waals surface area contributed by atoms with Crippen molar-refractivity contribution in [2.24, 2.45) is 0 Å². The van der Waals surface area contributed by atoms with Crippen LogP contribution in [0, 0.1) is 20.8 Å². The van der Waals surface area contributed by atoms with E-state index in [2.05, 4.69) is 14.9 Å². The average molecular weight is 299 g/mol. The number of carbonyl (C=O) groups is 1. The van der Waals surface area contributed by atoms with Gasteiger partial charge in [0.15, 0.2) is 5.76 Å². The number of hydrogen-bond acceptors (Lipinski definition) is 5. The van der Waals surface area contributed by atoms with Crippen molar-refractivity contribution in [3.05, 3.63) is 46.5 Å². The van der Waals surface area contributed by atoms with Gasteiger partial charge < -0.3 is 9.32 Å². The SMILES string of the molecule is Cc1ccc2oc(C(=O)N(C)Cc3nonc3C)c(C)c2c1. The third-order valence-electron chi connectivity index (χ3n) is 3.77. The molecule has 0 aliphatic rings. The van der Waals surface area contributed by atoms with E-state index >= 15 is 0 Å². The number of rotatable bonds is 3. The minimum absolute atomic E-state index is 0.186. The van der Waals surface area contributed by atoms with Crippen LogP contribution in [0.4, 0.5) is 0 Å². The standard InChI is InChI=1S/C16H17N3O3/c1-9-5-6-14-12(7-9)10(2)15(21-14)16(20)19(4)8-13-11(3)17-22-18-13/h5-7H,8H2,1-4H3. The molecule has 3 rings (SSSR count). The van der Waals surface area contributed by atoms with Gasteiger partial charge >= 0.3 is 0 Å². The van der Waals surface area contributed by atoms with Gasteiger partial charge in [-0.15, -0.1) is 0 Å². The summed E-state index contributed by atoms with van der Waals surface area (Å²) in [5.41, 5.74) is 4.02. The van der Waals surface area contributed by atoms with Crippen LogP contribution in [0.1, 0.15) is 33.1 Å². The highest BCUT2D eigenvalue weighted by Crippen LogP contribution is 2.27. The second kappa shape index (κ2) is 5.29. The van der Waals surface area contributed by atoms with Gasteiger partial charge in [-0.3, -0.25) is 4.79 Å². The lowest BCUT2D eigenvalue weighted by Crippen LogP contribution is -2.26. The lowest BCUT2D eigenvalue weighted by Gasteiger charge is -2.14. The fourth-order valence-electron chi connectivity index (χ4n) is 2.40. The number of furan rings is 1. The molecule has 0 bridgehead atoms. The first kappa shape index (κ1) is 14.3. The fraction of sp³-hybridized carbons (Fsp3) is 0.312. The Kier molecular flexibility index (Phi) is 3.44. The van der Waals surface area contributed by atoms with Gasteiger partial charge in [0.25, 0.3) is 5.91 Å². The van der Waals surface area contributed by atoms with E-state index < -0.39 is 0 Å². The number of benzene rings is 1. The minimum Gasteiger partial charge on any atom is -0.451 e. The normalized spacial score (nSPS) is 11.1. The fourth-order valence-corrected chi connectivity index (χ4v) is 2.40. The van der Waals surface area contributed by atoms with Crippen LogP contribution >= 0.6 is 0 Å². The molecule has 0 aliphatic carbocycles. The van der Waals surface area contributed by atoms with Crippen molar-refractivity contribution in [3.63, 3.8) is 0 Å². The Balaban J connectivity index is 1.91. The number of aromatic nitrogens is 2. The number of fused-ring (bicyclic) bond motifs is 1. The van der Waals surface area contributed by atoms with Crippen molar-refractivity contribution >= 4 is 16.9 Å². The first-order chi connectivity index (χ1) is 10.5. The number of amides is 1. The predicted octanol–water partition coefficient (Wildman–Crippen LogP) is 3.01. The van der Waals surface area contributed by atoms with Crippen molar-refractivity contribution in [2.45, 2.75) is 27.3 Å². The molecule has 114 valence electrons. The highest BCUT2D eigenvalue weighted by atomic mass is 16.6. The van der Waals surface area contributed by atoms with Crippen molar-refractivity contribution < 1.29 is 13.8 Å². The summed E-state index contributed by atoms with van der Waals surface area (Å²) in [6.07, 6.45) is 0. The van der Waals surface area contributed by atoms with Crippen LogP contribution in [-0.2, 0) is 6.54 Å². The molecule has 0 saturated carbocycles. The van der Waals surface area contributed by atoms with Crippen molar-refractivity contribution in [1.29, 1.82) is 0 Å². The summed E-state index contributed by atoms with van der Waals surface area (Å²) in [6, 6.07) is 5.88. The predicted molar refractivity (Wildman–Crippen MR) is 80.5 cm³/mol. The molecule has 1 amide bonds. The van der Waals surface area contributed by atoms with E-state index in [0.29, 0.717) is 23.7 Å². The summed E-state index contributed by atoms with van der Waals surface area (Å²) >= 11 is 0. The summed E-state index contributed by atoms with van der Waals surface area (Å²) in [5.74, 6) is 0.172. The van der Waals surface area contributed by atoms with Crippen LogP contribution in [0.5, 0.6) is 0 Å². The Morgan fingerprint density at radius 3 is 2.68 bits per heavy atom. The van der Waals surface area contributed by atoms with Gasteiger partial charge in [-0.25, -0.2) is 4.63 Å². The van der Waals surface area contributed by atoms with Crippen LogP contribution in [-0.4, -0.2) is 28.2 Å². The molecule has 0 fully saturated rings. The van der Waals surface area contributed by atoms with Crippen LogP contribution in [0.15, 0.2) is 27.2 Å². The highest BCUT2D eigenvalue weighted by Gasteiger charge is 2.22. The smallest absolute Gasteiger partial charge is 0.289 e. The van der Waals surface area contributed by atoms with Crippen molar-refractivity contribution in [3.8, 4) is 0 Å². The van der Waals surface area contributed by atoms with Gasteiger partial charge in [-0.1, -0.05) is 21.9 Å². The van der Waals surface area contributed by atoms with Crippen molar-refractivity contribution in [1.82, 2.24) is 15.2 Å². The quantitative estimate of drug-likeness (QED) is 0.743. The summed E-state index contributed by atoms with van der Waals surface area (Å²) in [6.45, 7) is 6.03. The average Bonchev–Trinajstić information content (AvgIpc) is 3.03. The molecule has 0 aliphatic heterocycles. The minimum atomic E-state index is -0.186. The summed E-state index contributed by atoms with van der Waals surface area (Å²) in [7, 11) is 1.70. The summed E-state index contributed by atoms with van der Waals surface area (Å²) < 4.78 is 10.4. The van der Waals surface area contributed by atoms with E-state index in [1.807, 2.05) is 32.0 Å². The van der Waals surface area contributed by atoms with E-state index in [4.69, 9.17) is 4.42 Å². The van der Waals surface area contributed by atoms with E-state index in [1.165, 1.54) is 0 Å². The van der Waals surface area contributed by atoms with Crippen LogP contribution in [0.2, 0.25) is 0 Å². The Morgan fingerprint density at radius 2 is 2.00 bits per heavy atom. The second-order valence-corrected chi connectivity index (χ2v) is 5.51. The van der Waals surface area contributed by atoms with Gasteiger partial charge in [0.2, 0.25) is 0 Å². The molecule has 3 aromatic rings. The molecule has 0 unspecified atom stereocenters. The Hall–Kier alpha value is -2.63. The monoisotopic (exact) mass is 299 g/mol. The maximum atomic E-state index is 12.6. The second-order valence-electron chi connectivity index (χ2n) is 5.51. The van der Waals surface area contributed by atoms with Gasteiger partial charge in [0, 0.05) is 18.0 Å². The lowest BCUT2D eigenvalue weighted by molar-refractivity contribution is 0.0751. The Labute approximate surface area is 127 Å². The van der Waals surface area contributed by atoms with Gasteiger partial charge in [-0.2, -0.15) is 0 Å². The van der Waals surface area contributed by atoms with Crippen LogP contribution < -0.4 is 0 Å². The third kappa shape index (κ3) is 2.36. The maximum absolute atomic E-state index is 12.6. The Morgan fingerprint density at radius 1 is 1.23 bits per heavy atom. The van der Waals surface area contributed by atoms with E-state index in [-0.39, 0.29) is 5.91 Å². The van der Waals surface area contributed by atoms with E-state index in [1.54, 1.807) is 18.9 Å². The zero-order valence-corrected chi connectivity index (χ0v) is 13.0. The number of hydrogen-bond donors (Lipinski definition) is 0. The maximum Gasteiger partial charge on any atom is 0.289 e. The van der Waals surface area contributed by atoms with Crippen LogP contribution in [0.3, 0.4) is 0 Å². The molecule has 6 nitrogen and oxygen atoms in total. The molecule has 0 radical (unpaired) electrons. The Bertz CT molecular complexity index is 848. The first-order valence-corrected chi connectivity index (χ1v) is 7.00. The lowest BCUT2D eigenvalue weighted by atomic mass is 10.1. The molecular formula is C16H17N3O3.